The number of hydrogen-bond donors (Lipinski definition) is 1. The van der Waals surface area contributed by atoms with Crippen molar-refractivity contribution in [2.24, 2.45) is 0 Å². The SMILES string of the molecule is Cc1ccsc1C(O)CSC1CCCCC1. The van der Waals surface area contributed by atoms with Gasteiger partial charge in [-0.05, 0) is 36.8 Å². The van der Waals surface area contributed by atoms with Gasteiger partial charge in [0.2, 0.25) is 0 Å². The molecule has 1 unspecified atom stereocenters. The molecule has 0 spiro atoms. The van der Waals surface area contributed by atoms with Crippen molar-refractivity contribution in [2.75, 3.05) is 5.75 Å². The predicted molar refractivity (Wildman–Crippen MR) is 73.3 cm³/mol. The Morgan fingerprint density at radius 2 is 2.19 bits per heavy atom. The van der Waals surface area contributed by atoms with Crippen LogP contribution in [0.1, 0.15) is 48.6 Å². The maximum Gasteiger partial charge on any atom is 0.0974 e. The normalized spacial score (nSPS) is 19.9. The van der Waals surface area contributed by atoms with E-state index in [1.54, 1.807) is 11.3 Å². The van der Waals surface area contributed by atoms with Gasteiger partial charge in [0.25, 0.3) is 0 Å². The highest BCUT2D eigenvalue weighted by molar-refractivity contribution is 7.99. The van der Waals surface area contributed by atoms with Gasteiger partial charge < -0.3 is 5.11 Å². The third-order valence-electron chi connectivity index (χ3n) is 3.25. The molecule has 0 amide bonds. The standard InChI is InChI=1S/C13H20OS2/c1-10-7-8-15-13(10)12(14)9-16-11-5-3-2-4-6-11/h7-8,11-12,14H,2-6,9H2,1H3. The highest BCUT2D eigenvalue weighted by Crippen LogP contribution is 2.33. The van der Waals surface area contributed by atoms with Gasteiger partial charge in [0.15, 0.2) is 0 Å². The molecule has 1 fully saturated rings. The van der Waals surface area contributed by atoms with Crippen molar-refractivity contribution in [3.05, 3.63) is 21.9 Å². The molecule has 1 aliphatic rings. The summed E-state index contributed by atoms with van der Waals surface area (Å²) in [5, 5.41) is 13.0. The van der Waals surface area contributed by atoms with Crippen molar-refractivity contribution in [1.82, 2.24) is 0 Å². The van der Waals surface area contributed by atoms with E-state index in [0.717, 1.165) is 15.9 Å². The van der Waals surface area contributed by atoms with Crippen molar-refractivity contribution in [3.8, 4) is 0 Å². The topological polar surface area (TPSA) is 20.2 Å². The second-order valence-corrected chi connectivity index (χ2v) is 6.86. The maximum absolute atomic E-state index is 10.1. The van der Waals surface area contributed by atoms with Crippen LogP contribution in [0.3, 0.4) is 0 Å². The van der Waals surface area contributed by atoms with E-state index in [4.69, 9.17) is 0 Å². The molecule has 0 radical (unpaired) electrons. The quantitative estimate of drug-likeness (QED) is 0.873. The largest absolute Gasteiger partial charge is 0.387 e. The molecule has 1 heterocycles. The smallest absolute Gasteiger partial charge is 0.0974 e. The molecule has 1 nitrogen and oxygen atoms in total. The third-order valence-corrected chi connectivity index (χ3v) is 5.82. The Kier molecular flexibility index (Phi) is 4.74. The number of hydrogen-bond acceptors (Lipinski definition) is 3. The minimum atomic E-state index is -0.257. The fourth-order valence-corrected chi connectivity index (χ4v) is 4.57. The van der Waals surface area contributed by atoms with Crippen LogP contribution in [0, 0.1) is 6.92 Å². The molecule has 2 rings (SSSR count). The molecule has 1 atom stereocenters. The van der Waals surface area contributed by atoms with E-state index in [1.807, 2.05) is 11.8 Å². The Labute approximate surface area is 106 Å². The zero-order valence-electron chi connectivity index (χ0n) is 9.82. The average Bonchev–Trinajstić information content (AvgIpc) is 2.74. The fourth-order valence-electron chi connectivity index (χ4n) is 2.26. The van der Waals surface area contributed by atoms with Crippen molar-refractivity contribution >= 4 is 23.1 Å². The Hall–Kier alpha value is 0.01000. The van der Waals surface area contributed by atoms with E-state index in [1.165, 1.54) is 37.7 Å². The minimum absolute atomic E-state index is 0.257. The summed E-state index contributed by atoms with van der Waals surface area (Å²) >= 11 is 3.65. The van der Waals surface area contributed by atoms with Crippen molar-refractivity contribution in [3.63, 3.8) is 0 Å². The molecule has 16 heavy (non-hydrogen) atoms. The highest BCUT2D eigenvalue weighted by Gasteiger charge is 2.17. The number of aryl methyl sites for hydroxylation is 1. The summed E-state index contributed by atoms with van der Waals surface area (Å²) in [7, 11) is 0. The van der Waals surface area contributed by atoms with Crippen LogP contribution in [0.4, 0.5) is 0 Å². The molecule has 90 valence electrons. The van der Waals surface area contributed by atoms with E-state index in [2.05, 4.69) is 18.4 Å². The number of thiophene rings is 1. The van der Waals surface area contributed by atoms with Crippen molar-refractivity contribution in [1.29, 1.82) is 0 Å². The van der Waals surface area contributed by atoms with Gasteiger partial charge >= 0.3 is 0 Å². The Balaban J connectivity index is 1.79. The molecule has 1 aromatic heterocycles. The second kappa shape index (κ2) is 6.08. The van der Waals surface area contributed by atoms with Gasteiger partial charge in [-0.15, -0.1) is 11.3 Å². The molecule has 1 N–H and O–H groups in total. The molecule has 0 aromatic carbocycles. The molecule has 1 aliphatic carbocycles. The lowest BCUT2D eigenvalue weighted by atomic mass is 10.0. The zero-order chi connectivity index (χ0) is 11.4. The van der Waals surface area contributed by atoms with E-state index >= 15 is 0 Å². The molecular formula is C13H20OS2. The van der Waals surface area contributed by atoms with Gasteiger partial charge in [0, 0.05) is 15.9 Å². The van der Waals surface area contributed by atoms with Crippen LogP contribution in [-0.4, -0.2) is 16.1 Å². The van der Waals surface area contributed by atoms with Gasteiger partial charge in [0.05, 0.1) is 6.10 Å². The first-order valence-corrected chi connectivity index (χ1v) is 8.04. The highest BCUT2D eigenvalue weighted by atomic mass is 32.2. The van der Waals surface area contributed by atoms with Gasteiger partial charge in [-0.2, -0.15) is 11.8 Å². The second-order valence-electron chi connectivity index (χ2n) is 4.58. The first-order chi connectivity index (χ1) is 7.77. The Bertz CT molecular complexity index is 315. The average molecular weight is 256 g/mol. The molecule has 0 aliphatic heterocycles. The van der Waals surface area contributed by atoms with E-state index in [-0.39, 0.29) is 6.10 Å². The van der Waals surface area contributed by atoms with Crippen LogP contribution in [0.25, 0.3) is 0 Å². The van der Waals surface area contributed by atoms with Gasteiger partial charge in [-0.25, -0.2) is 0 Å². The molecule has 1 saturated carbocycles. The zero-order valence-corrected chi connectivity index (χ0v) is 11.4. The lowest BCUT2D eigenvalue weighted by Crippen LogP contribution is -2.11. The van der Waals surface area contributed by atoms with E-state index in [0.29, 0.717) is 0 Å². The minimum Gasteiger partial charge on any atom is -0.387 e. The van der Waals surface area contributed by atoms with Crippen LogP contribution >= 0.6 is 23.1 Å². The van der Waals surface area contributed by atoms with Crippen LogP contribution in [0.5, 0.6) is 0 Å². The van der Waals surface area contributed by atoms with Crippen LogP contribution < -0.4 is 0 Å². The monoisotopic (exact) mass is 256 g/mol. The predicted octanol–water partition coefficient (Wildman–Crippen LogP) is 4.16. The lowest BCUT2D eigenvalue weighted by molar-refractivity contribution is 0.207. The summed E-state index contributed by atoms with van der Waals surface area (Å²) in [5.41, 5.74) is 1.24. The van der Waals surface area contributed by atoms with Gasteiger partial charge in [-0.1, -0.05) is 19.3 Å². The number of aliphatic hydroxyl groups is 1. The summed E-state index contributed by atoms with van der Waals surface area (Å²) in [6.45, 7) is 2.08. The van der Waals surface area contributed by atoms with Crippen molar-refractivity contribution < 1.29 is 5.11 Å². The summed E-state index contributed by atoms with van der Waals surface area (Å²) in [6.07, 6.45) is 6.61. The number of thioether (sulfide) groups is 1. The van der Waals surface area contributed by atoms with Crippen LogP contribution in [0.15, 0.2) is 11.4 Å². The summed E-state index contributed by atoms with van der Waals surface area (Å²) in [4.78, 5) is 1.16. The molecule has 0 bridgehead atoms. The Morgan fingerprint density at radius 1 is 1.44 bits per heavy atom. The third kappa shape index (κ3) is 3.25. The van der Waals surface area contributed by atoms with Gasteiger partial charge in [0.1, 0.15) is 0 Å². The fraction of sp³-hybridized carbons (Fsp3) is 0.692. The van der Waals surface area contributed by atoms with Crippen molar-refractivity contribution in [2.45, 2.75) is 50.4 Å². The summed E-state index contributed by atoms with van der Waals surface area (Å²) in [5.74, 6) is 0.867. The van der Waals surface area contributed by atoms with E-state index < -0.39 is 0 Å². The molecule has 1 aromatic rings. The van der Waals surface area contributed by atoms with Crippen LogP contribution in [0.2, 0.25) is 0 Å². The van der Waals surface area contributed by atoms with Gasteiger partial charge in [-0.3, -0.25) is 0 Å². The van der Waals surface area contributed by atoms with E-state index in [9.17, 15) is 5.11 Å². The lowest BCUT2D eigenvalue weighted by Gasteiger charge is -2.22. The first kappa shape index (κ1) is 12.5. The van der Waals surface area contributed by atoms with Crippen LogP contribution in [-0.2, 0) is 0 Å². The number of rotatable bonds is 4. The molecule has 3 heteroatoms. The first-order valence-electron chi connectivity index (χ1n) is 6.11. The summed E-state index contributed by atoms with van der Waals surface area (Å²) in [6, 6.07) is 2.09. The number of aliphatic hydroxyl groups excluding tert-OH is 1. The maximum atomic E-state index is 10.1. The molecular weight excluding hydrogens is 236 g/mol. The summed E-state index contributed by atoms with van der Waals surface area (Å²) < 4.78 is 0. The Morgan fingerprint density at radius 3 is 2.81 bits per heavy atom. The molecule has 0 saturated heterocycles.